The average Bonchev–Trinajstić information content (AvgIpc) is 3.39. The standard InChI is InChI=1S/C22H25N5O2S/c1-4-6-14-7-9-16(10-8-14)30-27-22-17-12-20(28-3)18(13-19(17)29-26-22)23-21-11-15(5-2)24-25-21/h7-13H,4-6H2,1-3H3,(H,26,27)(H2,23,24,25). The van der Waals surface area contributed by atoms with Crippen molar-refractivity contribution < 1.29 is 9.26 Å². The molecule has 0 aliphatic heterocycles. The molecule has 156 valence electrons. The Morgan fingerprint density at radius 2 is 1.97 bits per heavy atom. The number of nitrogens with zero attached hydrogens (tertiary/aromatic N) is 2. The van der Waals surface area contributed by atoms with Crippen molar-refractivity contribution in [1.29, 1.82) is 0 Å². The largest absolute Gasteiger partial charge is 0.495 e. The van der Waals surface area contributed by atoms with Crippen molar-refractivity contribution in [1.82, 2.24) is 15.4 Å². The Morgan fingerprint density at radius 3 is 2.67 bits per heavy atom. The van der Waals surface area contributed by atoms with Crippen molar-refractivity contribution in [2.45, 2.75) is 38.0 Å². The molecule has 30 heavy (non-hydrogen) atoms. The Kier molecular flexibility index (Phi) is 6.13. The van der Waals surface area contributed by atoms with E-state index in [2.05, 4.69) is 63.5 Å². The molecule has 4 aromatic rings. The molecule has 0 aliphatic carbocycles. The van der Waals surface area contributed by atoms with E-state index in [1.807, 2.05) is 18.2 Å². The van der Waals surface area contributed by atoms with Gasteiger partial charge in [-0.3, -0.25) is 5.10 Å². The van der Waals surface area contributed by atoms with Gasteiger partial charge in [0, 0.05) is 22.7 Å². The highest BCUT2D eigenvalue weighted by Crippen LogP contribution is 2.36. The molecule has 0 aliphatic rings. The molecule has 0 amide bonds. The molecule has 0 unspecified atom stereocenters. The van der Waals surface area contributed by atoms with E-state index in [-0.39, 0.29) is 0 Å². The summed E-state index contributed by atoms with van der Waals surface area (Å²) in [5.74, 6) is 2.07. The number of H-pyrrole nitrogens is 1. The van der Waals surface area contributed by atoms with Crippen LogP contribution in [0.5, 0.6) is 5.75 Å². The minimum Gasteiger partial charge on any atom is -0.495 e. The smallest absolute Gasteiger partial charge is 0.187 e. The summed E-state index contributed by atoms with van der Waals surface area (Å²) in [7, 11) is 1.64. The summed E-state index contributed by atoms with van der Waals surface area (Å²) in [6, 6.07) is 14.3. The number of hydrogen-bond acceptors (Lipinski definition) is 7. The maximum atomic E-state index is 5.58. The lowest BCUT2D eigenvalue weighted by Gasteiger charge is -2.09. The highest BCUT2D eigenvalue weighted by molar-refractivity contribution is 8.00. The van der Waals surface area contributed by atoms with Crippen LogP contribution in [0.25, 0.3) is 11.0 Å². The summed E-state index contributed by atoms with van der Waals surface area (Å²) in [4.78, 5) is 1.11. The summed E-state index contributed by atoms with van der Waals surface area (Å²) in [5, 5.41) is 15.6. The number of nitrogens with one attached hydrogen (secondary N) is 3. The quantitative estimate of drug-likeness (QED) is 0.287. The fraction of sp³-hybridized carbons (Fsp3) is 0.273. The second kappa shape index (κ2) is 9.13. The molecule has 0 atom stereocenters. The van der Waals surface area contributed by atoms with Crippen LogP contribution in [-0.4, -0.2) is 22.5 Å². The molecule has 2 aromatic carbocycles. The Bertz CT molecular complexity index is 1120. The van der Waals surface area contributed by atoms with Crippen LogP contribution in [0.15, 0.2) is 51.9 Å². The van der Waals surface area contributed by atoms with Crippen molar-refractivity contribution in [2.24, 2.45) is 0 Å². The summed E-state index contributed by atoms with van der Waals surface area (Å²) < 4.78 is 14.4. The van der Waals surface area contributed by atoms with Gasteiger partial charge in [0.25, 0.3) is 0 Å². The van der Waals surface area contributed by atoms with Gasteiger partial charge in [-0.25, -0.2) is 0 Å². The van der Waals surface area contributed by atoms with Crippen LogP contribution in [0, 0.1) is 0 Å². The Morgan fingerprint density at radius 1 is 1.13 bits per heavy atom. The van der Waals surface area contributed by atoms with Crippen LogP contribution in [0.3, 0.4) is 0 Å². The third kappa shape index (κ3) is 4.38. The van der Waals surface area contributed by atoms with Gasteiger partial charge < -0.3 is 19.3 Å². The molecule has 2 heterocycles. The molecule has 0 saturated heterocycles. The molecule has 3 N–H and O–H groups in total. The summed E-state index contributed by atoms with van der Waals surface area (Å²) in [6.45, 7) is 4.26. The van der Waals surface area contributed by atoms with Crippen LogP contribution < -0.4 is 14.8 Å². The van der Waals surface area contributed by atoms with Gasteiger partial charge in [0.2, 0.25) is 0 Å². The zero-order valence-corrected chi connectivity index (χ0v) is 18.1. The minimum atomic E-state index is 0.658. The monoisotopic (exact) mass is 423 g/mol. The van der Waals surface area contributed by atoms with Crippen molar-refractivity contribution in [3.63, 3.8) is 0 Å². The number of fused-ring (bicyclic) bond motifs is 1. The number of rotatable bonds is 9. The first-order valence-electron chi connectivity index (χ1n) is 10.0. The first-order valence-corrected chi connectivity index (χ1v) is 10.8. The maximum Gasteiger partial charge on any atom is 0.187 e. The van der Waals surface area contributed by atoms with E-state index in [1.165, 1.54) is 17.5 Å². The second-order valence-corrected chi connectivity index (χ2v) is 7.81. The predicted molar refractivity (Wildman–Crippen MR) is 122 cm³/mol. The van der Waals surface area contributed by atoms with Gasteiger partial charge in [-0.15, -0.1) is 0 Å². The van der Waals surface area contributed by atoms with Crippen molar-refractivity contribution >= 4 is 40.2 Å². The summed E-state index contributed by atoms with van der Waals surface area (Å²) in [5.41, 5.74) is 3.83. The first kappa shape index (κ1) is 20.2. The minimum absolute atomic E-state index is 0.658. The molecule has 0 saturated carbocycles. The van der Waals surface area contributed by atoms with Crippen LogP contribution in [0.2, 0.25) is 0 Å². The van der Waals surface area contributed by atoms with Crippen molar-refractivity contribution in [3.8, 4) is 5.75 Å². The van der Waals surface area contributed by atoms with E-state index in [0.717, 1.165) is 46.7 Å². The zero-order chi connectivity index (χ0) is 20.9. The fourth-order valence-corrected chi connectivity index (χ4v) is 3.80. The number of hydrogen-bond donors (Lipinski definition) is 3. The number of benzene rings is 2. The lowest BCUT2D eigenvalue weighted by atomic mass is 10.1. The Balaban J connectivity index is 1.52. The highest BCUT2D eigenvalue weighted by atomic mass is 32.2. The van der Waals surface area contributed by atoms with Crippen LogP contribution in [0.1, 0.15) is 31.5 Å². The highest BCUT2D eigenvalue weighted by Gasteiger charge is 2.15. The molecule has 8 heteroatoms. The fourth-order valence-electron chi connectivity index (χ4n) is 3.17. The topological polar surface area (TPSA) is 88.0 Å². The lowest BCUT2D eigenvalue weighted by Crippen LogP contribution is -1.95. The van der Waals surface area contributed by atoms with Crippen LogP contribution in [0.4, 0.5) is 17.3 Å². The third-order valence-corrected chi connectivity index (χ3v) is 5.60. The molecule has 0 spiro atoms. The van der Waals surface area contributed by atoms with E-state index in [9.17, 15) is 0 Å². The molecular weight excluding hydrogens is 398 g/mol. The lowest BCUT2D eigenvalue weighted by molar-refractivity contribution is 0.417. The predicted octanol–water partition coefficient (Wildman–Crippen LogP) is 5.94. The molecular formula is C22H25N5O2S. The molecule has 2 aromatic heterocycles. The molecule has 0 bridgehead atoms. The number of methoxy groups -OCH3 is 1. The van der Waals surface area contributed by atoms with Gasteiger partial charge in [-0.05, 0) is 48.6 Å². The number of aromatic amines is 1. The number of ether oxygens (including phenoxy) is 1. The second-order valence-electron chi connectivity index (χ2n) is 6.93. The number of aromatic nitrogens is 3. The normalized spacial score (nSPS) is 11.0. The van der Waals surface area contributed by atoms with Gasteiger partial charge in [-0.1, -0.05) is 37.6 Å². The maximum absolute atomic E-state index is 5.58. The first-order chi connectivity index (χ1) is 14.7. The van der Waals surface area contributed by atoms with E-state index in [1.54, 1.807) is 7.11 Å². The van der Waals surface area contributed by atoms with Crippen molar-refractivity contribution in [2.75, 3.05) is 17.1 Å². The van der Waals surface area contributed by atoms with Gasteiger partial charge in [0.15, 0.2) is 17.2 Å². The SMILES string of the molecule is CCCc1ccc(SNc2noc3cc(Nc4cc(CC)[nH]n4)c(OC)cc23)cc1. The van der Waals surface area contributed by atoms with Gasteiger partial charge in [0.05, 0.1) is 18.2 Å². The summed E-state index contributed by atoms with van der Waals surface area (Å²) in [6.07, 6.45) is 3.13. The Hall–Kier alpha value is -3.13. The molecule has 4 rings (SSSR count). The van der Waals surface area contributed by atoms with E-state index < -0.39 is 0 Å². The van der Waals surface area contributed by atoms with Gasteiger partial charge in [-0.2, -0.15) is 5.10 Å². The molecule has 7 nitrogen and oxygen atoms in total. The zero-order valence-electron chi connectivity index (χ0n) is 17.3. The molecule has 0 radical (unpaired) electrons. The molecule has 0 fully saturated rings. The van der Waals surface area contributed by atoms with Gasteiger partial charge in [0.1, 0.15) is 5.75 Å². The number of aryl methyl sites for hydroxylation is 2. The Labute approximate surface area is 179 Å². The van der Waals surface area contributed by atoms with E-state index in [4.69, 9.17) is 9.26 Å². The number of anilines is 3. The third-order valence-electron chi connectivity index (χ3n) is 4.79. The van der Waals surface area contributed by atoms with Crippen LogP contribution in [-0.2, 0) is 12.8 Å². The van der Waals surface area contributed by atoms with E-state index >= 15 is 0 Å². The van der Waals surface area contributed by atoms with E-state index in [0.29, 0.717) is 17.2 Å². The van der Waals surface area contributed by atoms with Crippen molar-refractivity contribution in [3.05, 3.63) is 53.7 Å². The van der Waals surface area contributed by atoms with Crippen LogP contribution >= 0.6 is 11.9 Å². The van der Waals surface area contributed by atoms with Gasteiger partial charge >= 0.3 is 0 Å². The summed E-state index contributed by atoms with van der Waals surface area (Å²) >= 11 is 1.50. The average molecular weight is 424 g/mol.